The van der Waals surface area contributed by atoms with Gasteiger partial charge >= 0.3 is 0 Å². The van der Waals surface area contributed by atoms with E-state index in [-0.39, 0.29) is 5.41 Å². The molecule has 2 N–H and O–H groups in total. The maximum Gasteiger partial charge on any atom is 0.156 e. The minimum absolute atomic E-state index is 0.0183. The molecule has 2 atom stereocenters. The molecule has 0 aliphatic carbocycles. The fraction of sp³-hybridized carbons (Fsp3) is 0.500. The molecule has 164 valence electrons. The highest BCUT2D eigenvalue weighted by Crippen LogP contribution is 2.38. The minimum atomic E-state index is 0.0183. The van der Waals surface area contributed by atoms with Gasteiger partial charge in [0.05, 0.1) is 23.1 Å². The van der Waals surface area contributed by atoms with Crippen LogP contribution in [0, 0.1) is 0 Å². The van der Waals surface area contributed by atoms with Gasteiger partial charge in [0.1, 0.15) is 5.52 Å². The maximum absolute atomic E-state index is 4.99. The second kappa shape index (κ2) is 8.10. The molecule has 0 spiro atoms. The van der Waals surface area contributed by atoms with Crippen LogP contribution in [0.3, 0.4) is 0 Å². The number of aromatic nitrogens is 5. The van der Waals surface area contributed by atoms with Gasteiger partial charge in [0.2, 0.25) is 0 Å². The SMILES string of the molecule is CCC(C)c1cnc2[nH]cc(C(C)CC(C)(C)c3ccc4[nH]nc(C(C)C)c4c3)c2n1. The third-order valence-corrected chi connectivity index (χ3v) is 6.81. The van der Waals surface area contributed by atoms with Crippen LogP contribution in [0.4, 0.5) is 0 Å². The highest BCUT2D eigenvalue weighted by Gasteiger charge is 2.27. The number of H-pyrrole nitrogens is 2. The number of nitrogens with zero attached hydrogens (tertiary/aromatic N) is 3. The molecule has 0 saturated carbocycles. The van der Waals surface area contributed by atoms with E-state index < -0.39 is 0 Å². The summed E-state index contributed by atoms with van der Waals surface area (Å²) in [5.74, 6) is 1.17. The number of aromatic amines is 2. The monoisotopic (exact) mass is 417 g/mol. The lowest BCUT2D eigenvalue weighted by Crippen LogP contribution is -2.20. The number of hydrogen-bond donors (Lipinski definition) is 2. The zero-order valence-corrected chi connectivity index (χ0v) is 19.9. The van der Waals surface area contributed by atoms with E-state index >= 15 is 0 Å². The molecule has 5 heteroatoms. The van der Waals surface area contributed by atoms with Crippen LogP contribution in [0.2, 0.25) is 0 Å². The average molecular weight is 418 g/mol. The molecule has 0 bridgehead atoms. The molecule has 3 aromatic heterocycles. The van der Waals surface area contributed by atoms with Crippen molar-refractivity contribution in [3.8, 4) is 0 Å². The van der Waals surface area contributed by atoms with E-state index in [4.69, 9.17) is 4.98 Å². The molecule has 4 aromatic rings. The summed E-state index contributed by atoms with van der Waals surface area (Å²) in [5.41, 5.74) is 7.86. The van der Waals surface area contributed by atoms with Crippen molar-refractivity contribution in [3.63, 3.8) is 0 Å². The Balaban J connectivity index is 1.65. The molecule has 5 nitrogen and oxygen atoms in total. The zero-order valence-electron chi connectivity index (χ0n) is 19.9. The van der Waals surface area contributed by atoms with Crippen molar-refractivity contribution >= 4 is 22.1 Å². The number of rotatable bonds is 7. The summed E-state index contributed by atoms with van der Waals surface area (Å²) in [6.45, 7) is 15.8. The topological polar surface area (TPSA) is 70.2 Å². The van der Waals surface area contributed by atoms with Crippen molar-refractivity contribution in [1.29, 1.82) is 0 Å². The summed E-state index contributed by atoms with van der Waals surface area (Å²) in [7, 11) is 0. The van der Waals surface area contributed by atoms with Crippen LogP contribution in [-0.4, -0.2) is 25.1 Å². The molecule has 4 rings (SSSR count). The first kappa shape index (κ1) is 21.5. The van der Waals surface area contributed by atoms with Crippen LogP contribution < -0.4 is 0 Å². The first-order valence-electron chi connectivity index (χ1n) is 11.5. The van der Waals surface area contributed by atoms with Gasteiger partial charge in [-0.3, -0.25) is 5.10 Å². The Hall–Kier alpha value is -2.69. The van der Waals surface area contributed by atoms with Crippen molar-refractivity contribution < 1.29 is 0 Å². The first-order chi connectivity index (χ1) is 14.7. The van der Waals surface area contributed by atoms with Crippen LogP contribution in [0.5, 0.6) is 0 Å². The largest absolute Gasteiger partial charge is 0.345 e. The normalized spacial score (nSPS) is 14.6. The highest BCUT2D eigenvalue weighted by molar-refractivity contribution is 5.83. The third-order valence-electron chi connectivity index (χ3n) is 6.81. The van der Waals surface area contributed by atoms with Crippen molar-refractivity contribution in [2.75, 3.05) is 0 Å². The van der Waals surface area contributed by atoms with Gasteiger partial charge in [0, 0.05) is 17.1 Å². The molecule has 0 aliphatic heterocycles. The van der Waals surface area contributed by atoms with Gasteiger partial charge in [-0.1, -0.05) is 54.5 Å². The molecule has 0 fully saturated rings. The second-order valence-electron chi connectivity index (χ2n) is 10.1. The Labute approximate surface area is 185 Å². The average Bonchev–Trinajstić information content (AvgIpc) is 3.36. The smallest absolute Gasteiger partial charge is 0.156 e. The Morgan fingerprint density at radius 1 is 1.06 bits per heavy atom. The molecule has 31 heavy (non-hydrogen) atoms. The van der Waals surface area contributed by atoms with Crippen LogP contribution in [0.1, 0.15) is 102 Å². The Kier molecular flexibility index (Phi) is 5.63. The van der Waals surface area contributed by atoms with Crippen molar-refractivity contribution in [2.24, 2.45) is 0 Å². The predicted octanol–water partition coefficient (Wildman–Crippen LogP) is 6.94. The Bertz CT molecular complexity index is 1200. The predicted molar refractivity (Wildman–Crippen MR) is 129 cm³/mol. The Morgan fingerprint density at radius 3 is 2.55 bits per heavy atom. The van der Waals surface area contributed by atoms with E-state index in [0.29, 0.717) is 17.8 Å². The summed E-state index contributed by atoms with van der Waals surface area (Å²) in [4.78, 5) is 13.0. The van der Waals surface area contributed by atoms with Gasteiger partial charge in [-0.2, -0.15) is 5.10 Å². The van der Waals surface area contributed by atoms with E-state index in [2.05, 4.69) is 93.0 Å². The molecule has 0 saturated heterocycles. The lowest BCUT2D eigenvalue weighted by molar-refractivity contribution is 0.440. The van der Waals surface area contributed by atoms with Crippen molar-refractivity contribution in [1.82, 2.24) is 25.1 Å². The zero-order chi connectivity index (χ0) is 22.3. The first-order valence-corrected chi connectivity index (χ1v) is 11.5. The summed E-state index contributed by atoms with van der Waals surface area (Å²) in [6, 6.07) is 6.75. The summed E-state index contributed by atoms with van der Waals surface area (Å²) >= 11 is 0. The van der Waals surface area contributed by atoms with Gasteiger partial charge in [-0.05, 0) is 53.7 Å². The van der Waals surface area contributed by atoms with Crippen molar-refractivity contribution in [3.05, 3.63) is 53.1 Å². The minimum Gasteiger partial charge on any atom is -0.345 e. The van der Waals surface area contributed by atoms with Crippen LogP contribution in [-0.2, 0) is 5.41 Å². The molecule has 1 aromatic carbocycles. The van der Waals surface area contributed by atoms with E-state index in [1.165, 1.54) is 16.5 Å². The molecular formula is C26H35N5. The van der Waals surface area contributed by atoms with E-state index in [0.717, 1.165) is 40.9 Å². The van der Waals surface area contributed by atoms with E-state index in [1.807, 2.05) is 6.20 Å². The Morgan fingerprint density at radius 2 is 1.84 bits per heavy atom. The molecular weight excluding hydrogens is 382 g/mol. The van der Waals surface area contributed by atoms with E-state index in [1.54, 1.807) is 0 Å². The van der Waals surface area contributed by atoms with Crippen molar-refractivity contribution in [2.45, 2.75) is 84.5 Å². The summed E-state index contributed by atoms with van der Waals surface area (Å²) in [6.07, 6.45) is 6.10. The quantitative estimate of drug-likeness (QED) is 0.342. The van der Waals surface area contributed by atoms with E-state index in [9.17, 15) is 0 Å². The third kappa shape index (κ3) is 3.98. The lowest BCUT2D eigenvalue weighted by atomic mass is 9.75. The van der Waals surface area contributed by atoms with Gasteiger partial charge in [-0.25, -0.2) is 9.97 Å². The number of benzene rings is 1. The molecule has 3 heterocycles. The molecule has 0 amide bonds. The molecule has 0 radical (unpaired) electrons. The van der Waals surface area contributed by atoms with Crippen LogP contribution in [0.15, 0.2) is 30.6 Å². The highest BCUT2D eigenvalue weighted by atomic mass is 15.1. The number of nitrogens with one attached hydrogen (secondary N) is 2. The fourth-order valence-electron chi connectivity index (χ4n) is 4.64. The molecule has 0 aliphatic rings. The fourth-order valence-corrected chi connectivity index (χ4v) is 4.64. The van der Waals surface area contributed by atoms with Gasteiger partial charge in [-0.15, -0.1) is 0 Å². The second-order valence-corrected chi connectivity index (χ2v) is 10.1. The van der Waals surface area contributed by atoms with Gasteiger partial charge in [0.25, 0.3) is 0 Å². The standard InChI is InChI=1S/C26H35N5/c1-8-16(4)22-14-28-25-24(29-22)20(13-27-25)17(5)12-26(6,7)18-9-10-21-19(11-18)23(15(2)3)31-30-21/h9-11,13-17H,8,12H2,1-7H3,(H,27,28)(H,30,31). The molecule has 2 unspecified atom stereocenters. The van der Waals surface area contributed by atoms with Crippen LogP contribution in [0.25, 0.3) is 22.1 Å². The summed E-state index contributed by atoms with van der Waals surface area (Å²) in [5, 5.41) is 8.96. The lowest BCUT2D eigenvalue weighted by Gasteiger charge is -2.29. The van der Waals surface area contributed by atoms with Gasteiger partial charge in [0.15, 0.2) is 5.65 Å². The maximum atomic E-state index is 4.99. The number of hydrogen-bond acceptors (Lipinski definition) is 3. The summed E-state index contributed by atoms with van der Waals surface area (Å²) < 4.78 is 0. The number of fused-ring (bicyclic) bond motifs is 2. The van der Waals surface area contributed by atoms with Gasteiger partial charge < -0.3 is 4.98 Å². The van der Waals surface area contributed by atoms with Crippen LogP contribution >= 0.6 is 0 Å².